The van der Waals surface area contributed by atoms with Crippen LogP contribution >= 0.6 is 0 Å². The molecule has 1 N–H and O–H groups in total. The van der Waals surface area contributed by atoms with E-state index in [4.69, 9.17) is 4.74 Å². The van der Waals surface area contributed by atoms with Gasteiger partial charge >= 0.3 is 0 Å². The molecule has 0 radical (unpaired) electrons. The van der Waals surface area contributed by atoms with Gasteiger partial charge in [0.1, 0.15) is 5.75 Å². The zero-order chi connectivity index (χ0) is 23.1. The van der Waals surface area contributed by atoms with E-state index in [1.165, 1.54) is 6.08 Å². The summed E-state index contributed by atoms with van der Waals surface area (Å²) in [5.74, 6) is -0.876. The number of carbonyl (C=O) groups excluding carboxylic acids is 2. The Bertz CT molecular complexity index is 1010. The van der Waals surface area contributed by atoms with Crippen LogP contribution in [0.4, 0.5) is 0 Å². The number of aliphatic hydroxyl groups is 1. The average molecular weight is 435 g/mol. The van der Waals surface area contributed by atoms with Crippen molar-refractivity contribution in [1.29, 1.82) is 0 Å². The Kier molecular flexibility index (Phi) is 7.84. The number of aliphatic hydroxyl groups excluding tert-OH is 1. The highest BCUT2D eigenvalue weighted by Crippen LogP contribution is 2.41. The van der Waals surface area contributed by atoms with Gasteiger partial charge in [-0.25, -0.2) is 0 Å². The Morgan fingerprint density at radius 3 is 2.41 bits per heavy atom. The van der Waals surface area contributed by atoms with Gasteiger partial charge < -0.3 is 19.6 Å². The van der Waals surface area contributed by atoms with Crippen molar-refractivity contribution < 1.29 is 19.4 Å². The second-order valence-corrected chi connectivity index (χ2v) is 7.54. The first-order chi connectivity index (χ1) is 15.5. The number of ketones is 1. The fourth-order valence-corrected chi connectivity index (χ4v) is 3.97. The van der Waals surface area contributed by atoms with Gasteiger partial charge in [-0.1, -0.05) is 68.5 Å². The number of hydrogen-bond donors (Lipinski definition) is 1. The predicted octanol–water partition coefficient (Wildman–Crippen LogP) is 4.01. The average Bonchev–Trinajstić information content (AvgIpc) is 3.08. The first kappa shape index (κ1) is 23.3. The molecule has 0 aliphatic carbocycles. The van der Waals surface area contributed by atoms with Crippen molar-refractivity contribution in [2.75, 3.05) is 33.3 Å². The number of carbonyl (C=O) groups is 2. The molecule has 0 aromatic heterocycles. The number of nitrogens with zero attached hydrogens (tertiary/aromatic N) is 2. The molecule has 0 fully saturated rings. The molecule has 0 saturated carbocycles. The highest BCUT2D eigenvalue weighted by atomic mass is 16.5. The van der Waals surface area contributed by atoms with Gasteiger partial charge in [-0.05, 0) is 30.8 Å². The van der Waals surface area contributed by atoms with Crippen molar-refractivity contribution in [2.24, 2.45) is 0 Å². The van der Waals surface area contributed by atoms with Crippen molar-refractivity contribution in [3.63, 3.8) is 0 Å². The largest absolute Gasteiger partial charge is 0.503 e. The second kappa shape index (κ2) is 10.8. The number of amides is 1. The third kappa shape index (κ3) is 4.92. The molecule has 2 aromatic rings. The summed E-state index contributed by atoms with van der Waals surface area (Å²) in [6.45, 7) is 6.84. The van der Waals surface area contributed by atoms with Crippen LogP contribution in [0.25, 0.3) is 6.08 Å². The van der Waals surface area contributed by atoms with Crippen molar-refractivity contribution in [3.05, 3.63) is 83.1 Å². The van der Waals surface area contributed by atoms with Crippen LogP contribution in [0.5, 0.6) is 5.75 Å². The SMILES string of the molecule is CCN(CC)CCN1C(=O)C(O)=C(C(=O)/C=C/c2ccccc2)[C@H]1c1ccccc1OC. The molecule has 0 spiro atoms. The van der Waals surface area contributed by atoms with Crippen LogP contribution in [0.2, 0.25) is 0 Å². The Balaban J connectivity index is 1.99. The molecule has 1 aliphatic rings. The van der Waals surface area contributed by atoms with Crippen molar-refractivity contribution >= 4 is 17.8 Å². The van der Waals surface area contributed by atoms with E-state index in [0.29, 0.717) is 24.4 Å². The molecule has 1 heterocycles. The summed E-state index contributed by atoms with van der Waals surface area (Å²) < 4.78 is 5.52. The van der Waals surface area contributed by atoms with Crippen molar-refractivity contribution in [1.82, 2.24) is 9.80 Å². The fraction of sp³-hybridized carbons (Fsp3) is 0.308. The third-order valence-electron chi connectivity index (χ3n) is 5.78. The van der Waals surface area contributed by atoms with Crippen LogP contribution in [0.3, 0.4) is 0 Å². The van der Waals surface area contributed by atoms with Crippen molar-refractivity contribution in [3.8, 4) is 5.75 Å². The maximum absolute atomic E-state index is 13.2. The van der Waals surface area contributed by atoms with Crippen LogP contribution in [0.15, 0.2) is 72.0 Å². The van der Waals surface area contributed by atoms with Gasteiger partial charge in [-0.3, -0.25) is 9.59 Å². The lowest BCUT2D eigenvalue weighted by atomic mass is 9.94. The first-order valence-corrected chi connectivity index (χ1v) is 10.9. The Morgan fingerprint density at radius 2 is 1.75 bits per heavy atom. The number of benzene rings is 2. The minimum atomic E-state index is -0.720. The first-order valence-electron chi connectivity index (χ1n) is 10.9. The predicted molar refractivity (Wildman–Crippen MR) is 125 cm³/mol. The van der Waals surface area contributed by atoms with Gasteiger partial charge in [0.05, 0.1) is 18.7 Å². The molecule has 6 heteroatoms. The minimum absolute atomic E-state index is 0.0752. The van der Waals surface area contributed by atoms with Gasteiger partial charge in [-0.15, -0.1) is 0 Å². The number of likely N-dealkylation sites (N-methyl/N-ethyl adjacent to an activating group) is 1. The molecule has 1 atom stereocenters. The third-order valence-corrected chi connectivity index (χ3v) is 5.78. The highest BCUT2D eigenvalue weighted by molar-refractivity contribution is 6.14. The maximum Gasteiger partial charge on any atom is 0.290 e. The molecule has 6 nitrogen and oxygen atoms in total. The fourth-order valence-electron chi connectivity index (χ4n) is 3.97. The smallest absolute Gasteiger partial charge is 0.290 e. The van der Waals surface area contributed by atoms with Gasteiger partial charge in [0.15, 0.2) is 11.5 Å². The van der Waals surface area contributed by atoms with E-state index in [-0.39, 0.29) is 5.57 Å². The summed E-state index contributed by atoms with van der Waals surface area (Å²) >= 11 is 0. The van der Waals surface area contributed by atoms with E-state index < -0.39 is 23.5 Å². The van der Waals surface area contributed by atoms with E-state index >= 15 is 0 Å². The lowest BCUT2D eigenvalue weighted by Gasteiger charge is -2.30. The zero-order valence-electron chi connectivity index (χ0n) is 18.8. The van der Waals surface area contributed by atoms with Gasteiger partial charge in [0.2, 0.25) is 0 Å². The van der Waals surface area contributed by atoms with E-state index in [1.54, 1.807) is 24.2 Å². The summed E-state index contributed by atoms with van der Waals surface area (Å²) in [5.41, 5.74) is 1.60. The second-order valence-electron chi connectivity index (χ2n) is 7.54. The van der Waals surface area contributed by atoms with Gasteiger partial charge in [0.25, 0.3) is 5.91 Å². The zero-order valence-corrected chi connectivity index (χ0v) is 18.8. The Morgan fingerprint density at radius 1 is 1.09 bits per heavy atom. The summed E-state index contributed by atoms with van der Waals surface area (Å²) in [6, 6.07) is 16.0. The lowest BCUT2D eigenvalue weighted by molar-refractivity contribution is -0.129. The monoisotopic (exact) mass is 434 g/mol. The molecule has 1 aliphatic heterocycles. The van der Waals surface area contributed by atoms with Crippen LogP contribution in [0, 0.1) is 0 Å². The molecule has 2 aromatic carbocycles. The highest BCUT2D eigenvalue weighted by Gasteiger charge is 2.43. The van der Waals surface area contributed by atoms with Gasteiger partial charge in [0, 0.05) is 18.7 Å². The number of para-hydroxylation sites is 1. The van der Waals surface area contributed by atoms with E-state index in [1.807, 2.05) is 48.5 Å². The Hall–Kier alpha value is -3.38. The number of rotatable bonds is 10. The molecular weight excluding hydrogens is 404 g/mol. The molecular formula is C26H30N2O4. The lowest BCUT2D eigenvalue weighted by Crippen LogP contribution is -2.38. The van der Waals surface area contributed by atoms with Crippen LogP contribution in [-0.4, -0.2) is 59.9 Å². The molecule has 3 rings (SSSR count). The Labute approximate surface area is 189 Å². The van der Waals surface area contributed by atoms with E-state index in [9.17, 15) is 14.7 Å². The summed E-state index contributed by atoms with van der Waals surface area (Å²) in [6.07, 6.45) is 3.09. The number of hydrogen-bond acceptors (Lipinski definition) is 5. The van der Waals surface area contributed by atoms with Crippen molar-refractivity contribution in [2.45, 2.75) is 19.9 Å². The summed E-state index contributed by atoms with van der Waals surface area (Å²) in [7, 11) is 1.55. The van der Waals surface area contributed by atoms with Gasteiger partial charge in [-0.2, -0.15) is 0 Å². The van der Waals surface area contributed by atoms with Crippen LogP contribution in [0.1, 0.15) is 31.0 Å². The molecule has 168 valence electrons. The molecule has 0 saturated heterocycles. The van der Waals surface area contributed by atoms with E-state index in [2.05, 4.69) is 18.7 Å². The van der Waals surface area contributed by atoms with E-state index in [0.717, 1.165) is 18.7 Å². The molecule has 0 bridgehead atoms. The summed E-state index contributed by atoms with van der Waals surface area (Å²) in [5, 5.41) is 10.7. The normalized spacial score (nSPS) is 16.4. The quantitative estimate of drug-likeness (QED) is 0.572. The number of ether oxygens (including phenoxy) is 1. The molecule has 0 unspecified atom stereocenters. The maximum atomic E-state index is 13.2. The molecule has 1 amide bonds. The standard InChI is InChI=1S/C26H30N2O4/c1-4-27(5-2)17-18-28-24(20-13-9-10-14-22(20)32-3)23(25(30)26(28)31)21(29)16-15-19-11-7-6-8-12-19/h6-16,24,30H,4-5,17-18H2,1-3H3/b16-15+/t24-/m1/s1. The topological polar surface area (TPSA) is 70.1 Å². The number of methoxy groups -OCH3 is 1. The number of allylic oxidation sites excluding steroid dienone is 1. The summed E-state index contributed by atoms with van der Waals surface area (Å²) in [4.78, 5) is 30.0. The molecule has 32 heavy (non-hydrogen) atoms. The van der Waals surface area contributed by atoms with Crippen LogP contribution in [-0.2, 0) is 9.59 Å². The van der Waals surface area contributed by atoms with Crippen LogP contribution < -0.4 is 4.74 Å². The minimum Gasteiger partial charge on any atom is -0.503 e.